The van der Waals surface area contributed by atoms with Gasteiger partial charge in [-0.15, -0.1) is 0 Å². The molecule has 0 bridgehead atoms. The summed E-state index contributed by atoms with van der Waals surface area (Å²) in [5, 5.41) is 3.04. The number of imidazole rings is 1. The van der Waals surface area contributed by atoms with Gasteiger partial charge in [-0.05, 0) is 18.2 Å². The Morgan fingerprint density at radius 1 is 1.16 bits per heavy atom. The molecule has 3 rings (SSSR count). The van der Waals surface area contributed by atoms with Crippen molar-refractivity contribution in [3.63, 3.8) is 0 Å². The summed E-state index contributed by atoms with van der Waals surface area (Å²) in [6.07, 6.45) is 0.679. The first kappa shape index (κ1) is 16.4. The second kappa shape index (κ2) is 6.96. The maximum Gasteiger partial charge on any atom is 0.284 e. The van der Waals surface area contributed by atoms with Crippen LogP contribution in [0, 0.1) is 0 Å². The zero-order valence-corrected chi connectivity index (χ0v) is 13.3. The molecule has 126 valence electrons. The lowest BCUT2D eigenvalue weighted by molar-refractivity contribution is -0.108. The van der Waals surface area contributed by atoms with Crippen LogP contribution in [0.5, 0.6) is 0 Å². The van der Waals surface area contributed by atoms with Crippen LogP contribution in [0.2, 0.25) is 0 Å². The molecule has 3 N–H and O–H groups in total. The monoisotopic (exact) mass is 336 g/mol. The number of rotatable bonds is 7. The Labute approximate surface area is 143 Å². The van der Waals surface area contributed by atoms with Gasteiger partial charge in [0.25, 0.3) is 5.91 Å². The summed E-state index contributed by atoms with van der Waals surface area (Å²) >= 11 is 0. The molecule has 0 aliphatic carbocycles. The van der Waals surface area contributed by atoms with Crippen molar-refractivity contribution in [2.24, 2.45) is 5.73 Å². The number of aromatic nitrogens is 2. The number of aldehydes is 1. The third kappa shape index (κ3) is 3.40. The summed E-state index contributed by atoms with van der Waals surface area (Å²) in [5.74, 6) is -0.712. The topological polar surface area (TPSA) is 107 Å². The van der Waals surface area contributed by atoms with E-state index in [0.717, 1.165) is 0 Å². The first-order valence-corrected chi connectivity index (χ1v) is 7.66. The molecule has 3 aromatic rings. The Hall–Kier alpha value is -3.48. The van der Waals surface area contributed by atoms with Crippen molar-refractivity contribution in [3.05, 3.63) is 59.9 Å². The first-order chi connectivity index (χ1) is 12.1. The van der Waals surface area contributed by atoms with E-state index >= 15 is 0 Å². The number of hydrogen-bond donors (Lipinski definition) is 2. The predicted octanol–water partition coefficient (Wildman–Crippen LogP) is 1.63. The summed E-state index contributed by atoms with van der Waals surface area (Å²) in [6, 6.07) is 14.2. The Kier molecular flexibility index (Phi) is 4.56. The van der Waals surface area contributed by atoms with E-state index in [1.807, 2.05) is 18.2 Å². The summed E-state index contributed by atoms with van der Waals surface area (Å²) < 4.78 is 1.46. The number of carbonyl (C=O) groups excluding carboxylic acids is 3. The van der Waals surface area contributed by atoms with Gasteiger partial charge in [0.05, 0.1) is 24.1 Å². The molecule has 0 fully saturated rings. The largest absolute Gasteiger partial charge is 0.378 e. The van der Waals surface area contributed by atoms with E-state index in [9.17, 15) is 14.4 Å². The van der Waals surface area contributed by atoms with Crippen LogP contribution in [-0.4, -0.2) is 34.1 Å². The van der Waals surface area contributed by atoms with E-state index in [0.29, 0.717) is 28.6 Å². The van der Waals surface area contributed by atoms with Gasteiger partial charge >= 0.3 is 0 Å². The molecule has 0 saturated heterocycles. The molecule has 1 aromatic heterocycles. The molecule has 0 atom stereocenters. The highest BCUT2D eigenvalue weighted by molar-refractivity contribution is 5.99. The third-order valence-corrected chi connectivity index (χ3v) is 3.77. The number of nitrogens with two attached hydrogens (primary N) is 1. The van der Waals surface area contributed by atoms with Crippen molar-refractivity contribution in [3.8, 4) is 0 Å². The zero-order valence-electron chi connectivity index (χ0n) is 13.3. The molecule has 25 heavy (non-hydrogen) atoms. The van der Waals surface area contributed by atoms with Crippen molar-refractivity contribution in [2.45, 2.75) is 6.54 Å². The number of nitrogens with zero attached hydrogens (tertiary/aromatic N) is 2. The van der Waals surface area contributed by atoms with Crippen LogP contribution < -0.4 is 11.1 Å². The van der Waals surface area contributed by atoms with Crippen molar-refractivity contribution in [1.29, 1.82) is 0 Å². The van der Waals surface area contributed by atoms with Crippen LogP contribution >= 0.6 is 0 Å². The van der Waals surface area contributed by atoms with Crippen LogP contribution in [0.3, 0.4) is 0 Å². The second-order valence-corrected chi connectivity index (χ2v) is 5.42. The zero-order chi connectivity index (χ0) is 17.8. The number of carbonyl (C=O) groups is 3. The van der Waals surface area contributed by atoms with Crippen molar-refractivity contribution in [2.75, 3.05) is 11.9 Å². The quantitative estimate of drug-likeness (QED) is 0.504. The first-order valence-electron chi connectivity index (χ1n) is 7.66. The Morgan fingerprint density at radius 3 is 2.60 bits per heavy atom. The lowest BCUT2D eigenvalue weighted by Gasteiger charge is -2.06. The summed E-state index contributed by atoms with van der Waals surface area (Å²) in [6.45, 7) is 0.126. The molecular weight excluding hydrogens is 320 g/mol. The Bertz CT molecular complexity index is 948. The molecule has 0 spiro atoms. The third-order valence-electron chi connectivity index (χ3n) is 3.77. The lowest BCUT2D eigenvalue weighted by Crippen LogP contribution is -2.18. The smallest absolute Gasteiger partial charge is 0.284 e. The van der Waals surface area contributed by atoms with Gasteiger partial charge in [-0.25, -0.2) is 4.98 Å². The highest BCUT2D eigenvalue weighted by Crippen LogP contribution is 2.20. The maximum absolute atomic E-state index is 12.1. The molecule has 2 aromatic carbocycles. The molecule has 1 heterocycles. The van der Waals surface area contributed by atoms with Gasteiger partial charge in [-0.1, -0.05) is 30.3 Å². The normalized spacial score (nSPS) is 10.6. The number of hydrogen-bond acceptors (Lipinski definition) is 5. The van der Waals surface area contributed by atoms with Crippen LogP contribution in [-0.2, 0) is 11.3 Å². The lowest BCUT2D eigenvalue weighted by atomic mass is 10.1. The fourth-order valence-corrected chi connectivity index (χ4v) is 2.60. The minimum absolute atomic E-state index is 0.00591. The van der Waals surface area contributed by atoms with E-state index in [1.54, 1.807) is 30.3 Å². The minimum atomic E-state index is -0.702. The standard InChI is InChI=1S/C18H16N4O3/c19-17(25)18-21-14-10-13(6-7-15(14)22(18)8-9-23)20-11-16(24)12-4-2-1-3-5-12/h1-7,9-10,20H,8,11H2,(H2,19,25). The maximum atomic E-state index is 12.1. The van der Waals surface area contributed by atoms with Crippen LogP contribution in [0.4, 0.5) is 5.69 Å². The second-order valence-electron chi connectivity index (χ2n) is 5.42. The van der Waals surface area contributed by atoms with Gasteiger partial charge in [-0.2, -0.15) is 0 Å². The molecule has 0 radical (unpaired) electrons. The molecule has 0 saturated carbocycles. The number of anilines is 1. The van der Waals surface area contributed by atoms with Crippen molar-refractivity contribution < 1.29 is 14.4 Å². The van der Waals surface area contributed by atoms with Gasteiger partial charge in [0.1, 0.15) is 6.29 Å². The van der Waals surface area contributed by atoms with Crippen molar-refractivity contribution in [1.82, 2.24) is 9.55 Å². The van der Waals surface area contributed by atoms with Crippen molar-refractivity contribution >= 4 is 34.7 Å². The van der Waals surface area contributed by atoms with Gasteiger partial charge in [0.2, 0.25) is 0 Å². The summed E-state index contributed by atoms with van der Waals surface area (Å²) in [7, 11) is 0. The van der Waals surface area contributed by atoms with Crippen LogP contribution in [0.1, 0.15) is 21.0 Å². The van der Waals surface area contributed by atoms with Gasteiger partial charge in [0, 0.05) is 11.3 Å². The highest BCUT2D eigenvalue weighted by Gasteiger charge is 2.15. The average Bonchev–Trinajstić information content (AvgIpc) is 2.99. The van der Waals surface area contributed by atoms with Gasteiger partial charge < -0.3 is 20.4 Å². The molecule has 7 heteroatoms. The Morgan fingerprint density at radius 2 is 1.92 bits per heavy atom. The fourth-order valence-electron chi connectivity index (χ4n) is 2.60. The van der Waals surface area contributed by atoms with Crippen LogP contribution in [0.15, 0.2) is 48.5 Å². The number of Topliss-reactive ketones (excluding diaryl/α,β-unsaturated/α-hetero) is 1. The average molecular weight is 336 g/mol. The number of ketones is 1. The van der Waals surface area contributed by atoms with E-state index < -0.39 is 5.91 Å². The SMILES string of the molecule is NC(=O)c1nc2cc(NCC(=O)c3ccccc3)ccc2n1CC=O. The highest BCUT2D eigenvalue weighted by atomic mass is 16.1. The minimum Gasteiger partial charge on any atom is -0.378 e. The molecule has 0 aliphatic heterocycles. The number of benzene rings is 2. The van der Waals surface area contributed by atoms with Gasteiger partial charge in [-0.3, -0.25) is 9.59 Å². The number of primary amides is 1. The fraction of sp³-hybridized carbons (Fsp3) is 0.111. The van der Waals surface area contributed by atoms with Crippen LogP contribution in [0.25, 0.3) is 11.0 Å². The molecular formula is C18H16N4O3. The van der Waals surface area contributed by atoms with E-state index in [4.69, 9.17) is 5.73 Å². The van der Waals surface area contributed by atoms with Gasteiger partial charge in [0.15, 0.2) is 11.6 Å². The molecule has 0 unspecified atom stereocenters. The molecule has 0 aliphatic rings. The summed E-state index contributed by atoms with van der Waals surface area (Å²) in [4.78, 5) is 38.6. The van der Waals surface area contributed by atoms with E-state index in [1.165, 1.54) is 4.57 Å². The molecule has 1 amide bonds. The number of fused-ring (bicyclic) bond motifs is 1. The van der Waals surface area contributed by atoms with E-state index in [2.05, 4.69) is 10.3 Å². The number of nitrogens with one attached hydrogen (secondary N) is 1. The number of amides is 1. The predicted molar refractivity (Wildman–Crippen MR) is 93.6 cm³/mol. The van der Waals surface area contributed by atoms with E-state index in [-0.39, 0.29) is 24.7 Å². The summed E-state index contributed by atoms with van der Waals surface area (Å²) in [5.41, 5.74) is 7.77. The Balaban J connectivity index is 1.83. The molecule has 7 nitrogen and oxygen atoms in total.